The molecule has 0 aliphatic carbocycles. The summed E-state index contributed by atoms with van der Waals surface area (Å²) >= 11 is 5.16. The average Bonchev–Trinajstić information content (AvgIpc) is 3.00. The minimum Gasteiger partial charge on any atom is -0.309 e. The number of aryl methyl sites for hydroxylation is 2. The van der Waals surface area contributed by atoms with E-state index < -0.39 is 0 Å². The Labute approximate surface area is 131 Å². The molecule has 0 atom stereocenters. The number of carbonyl (C=O) groups excluding carboxylic acids is 1. The summed E-state index contributed by atoms with van der Waals surface area (Å²) in [4.78, 5) is 13.1. The van der Waals surface area contributed by atoms with Crippen molar-refractivity contribution in [2.45, 2.75) is 39.0 Å². The highest BCUT2D eigenvalue weighted by atomic mass is 79.9. The van der Waals surface area contributed by atoms with Gasteiger partial charge in [0.1, 0.15) is 0 Å². The van der Waals surface area contributed by atoms with Gasteiger partial charge in [-0.05, 0) is 47.3 Å². The standard InChI is InChI=1S/C14H18BrN3OS/c1-2-4-10-9-13(18-17-10)16-14(19)6-3-5-11-7-8-12(15)20-11/h7-9H,2-6H2,1H3,(H2,16,17,18,19). The van der Waals surface area contributed by atoms with Crippen molar-refractivity contribution < 1.29 is 4.79 Å². The van der Waals surface area contributed by atoms with E-state index in [2.05, 4.69) is 44.4 Å². The van der Waals surface area contributed by atoms with Gasteiger partial charge in [0.05, 0.1) is 3.79 Å². The summed E-state index contributed by atoms with van der Waals surface area (Å²) in [6.07, 6.45) is 4.32. The molecule has 2 heterocycles. The van der Waals surface area contributed by atoms with Gasteiger partial charge < -0.3 is 5.32 Å². The van der Waals surface area contributed by atoms with Gasteiger partial charge in [-0.2, -0.15) is 5.10 Å². The van der Waals surface area contributed by atoms with E-state index >= 15 is 0 Å². The van der Waals surface area contributed by atoms with Crippen LogP contribution < -0.4 is 5.32 Å². The quantitative estimate of drug-likeness (QED) is 0.783. The van der Waals surface area contributed by atoms with Crippen molar-refractivity contribution in [1.82, 2.24) is 10.2 Å². The van der Waals surface area contributed by atoms with Gasteiger partial charge in [0, 0.05) is 23.1 Å². The van der Waals surface area contributed by atoms with Crippen LogP contribution in [0.3, 0.4) is 0 Å². The first kappa shape index (κ1) is 15.3. The van der Waals surface area contributed by atoms with Crippen molar-refractivity contribution in [2.75, 3.05) is 5.32 Å². The minimum absolute atomic E-state index is 0.0233. The van der Waals surface area contributed by atoms with Crippen molar-refractivity contribution in [2.24, 2.45) is 0 Å². The van der Waals surface area contributed by atoms with Crippen LogP contribution in [0.15, 0.2) is 22.0 Å². The number of hydrogen-bond acceptors (Lipinski definition) is 3. The number of H-pyrrole nitrogens is 1. The summed E-state index contributed by atoms with van der Waals surface area (Å²) in [6.45, 7) is 2.11. The van der Waals surface area contributed by atoms with E-state index in [9.17, 15) is 4.79 Å². The number of halogens is 1. The van der Waals surface area contributed by atoms with E-state index in [4.69, 9.17) is 0 Å². The van der Waals surface area contributed by atoms with E-state index in [1.165, 1.54) is 4.88 Å². The molecule has 0 aliphatic heterocycles. The number of aromatic nitrogens is 2. The van der Waals surface area contributed by atoms with Crippen LogP contribution in [-0.2, 0) is 17.6 Å². The van der Waals surface area contributed by atoms with Gasteiger partial charge in [0.25, 0.3) is 0 Å². The molecule has 2 rings (SSSR count). The van der Waals surface area contributed by atoms with Crippen molar-refractivity contribution in [1.29, 1.82) is 0 Å². The lowest BCUT2D eigenvalue weighted by atomic mass is 10.2. The molecule has 4 nitrogen and oxygen atoms in total. The smallest absolute Gasteiger partial charge is 0.225 e. The van der Waals surface area contributed by atoms with Crippen LogP contribution in [0.2, 0.25) is 0 Å². The number of nitrogens with zero attached hydrogens (tertiary/aromatic N) is 1. The van der Waals surface area contributed by atoms with Crippen molar-refractivity contribution >= 4 is 39.0 Å². The lowest BCUT2D eigenvalue weighted by molar-refractivity contribution is -0.116. The van der Waals surface area contributed by atoms with Crippen LogP contribution in [0.4, 0.5) is 5.82 Å². The third kappa shape index (κ3) is 4.76. The fourth-order valence-electron chi connectivity index (χ4n) is 1.94. The molecule has 0 spiro atoms. The first-order valence-electron chi connectivity index (χ1n) is 6.75. The summed E-state index contributed by atoms with van der Waals surface area (Å²) in [5.74, 6) is 0.646. The Morgan fingerprint density at radius 2 is 2.30 bits per heavy atom. The summed E-state index contributed by atoms with van der Waals surface area (Å²) in [6, 6.07) is 6.04. The molecule has 0 bridgehead atoms. The van der Waals surface area contributed by atoms with Gasteiger partial charge >= 0.3 is 0 Å². The molecule has 6 heteroatoms. The number of anilines is 1. The highest BCUT2D eigenvalue weighted by molar-refractivity contribution is 9.11. The number of hydrogen-bond donors (Lipinski definition) is 2. The number of thiophene rings is 1. The Hall–Kier alpha value is -1.14. The Morgan fingerprint density at radius 3 is 3.00 bits per heavy atom. The maximum Gasteiger partial charge on any atom is 0.225 e. The molecule has 2 aromatic heterocycles. The molecular weight excluding hydrogens is 338 g/mol. The third-order valence-electron chi connectivity index (χ3n) is 2.87. The molecule has 0 aromatic carbocycles. The van der Waals surface area contributed by atoms with Crippen molar-refractivity contribution in [3.8, 4) is 0 Å². The highest BCUT2D eigenvalue weighted by Gasteiger charge is 2.06. The predicted molar refractivity (Wildman–Crippen MR) is 86.2 cm³/mol. The van der Waals surface area contributed by atoms with Gasteiger partial charge in [-0.3, -0.25) is 9.89 Å². The van der Waals surface area contributed by atoms with E-state index in [1.54, 1.807) is 11.3 Å². The molecular formula is C14H18BrN3OS. The number of carbonyl (C=O) groups is 1. The normalized spacial score (nSPS) is 10.7. The van der Waals surface area contributed by atoms with Crippen LogP contribution >= 0.6 is 27.3 Å². The Kier molecular flexibility index (Phi) is 5.79. The Balaban J connectivity index is 1.71. The second kappa shape index (κ2) is 7.59. The summed E-state index contributed by atoms with van der Waals surface area (Å²) in [5, 5.41) is 9.84. The highest BCUT2D eigenvalue weighted by Crippen LogP contribution is 2.23. The van der Waals surface area contributed by atoms with E-state index in [0.717, 1.165) is 35.2 Å². The van der Waals surface area contributed by atoms with Crippen LogP contribution in [-0.4, -0.2) is 16.1 Å². The Bertz CT molecular complexity index is 564. The number of rotatable bonds is 7. The topological polar surface area (TPSA) is 57.8 Å². The lowest BCUT2D eigenvalue weighted by Gasteiger charge is -2.00. The average molecular weight is 356 g/mol. The van der Waals surface area contributed by atoms with Crippen molar-refractivity contribution in [3.63, 3.8) is 0 Å². The molecule has 2 N–H and O–H groups in total. The summed E-state index contributed by atoms with van der Waals surface area (Å²) in [7, 11) is 0. The number of aromatic amines is 1. The number of nitrogens with one attached hydrogen (secondary N) is 2. The monoisotopic (exact) mass is 355 g/mol. The molecule has 20 heavy (non-hydrogen) atoms. The first-order chi connectivity index (χ1) is 9.67. The van der Waals surface area contributed by atoms with Crippen LogP contribution in [0.5, 0.6) is 0 Å². The lowest BCUT2D eigenvalue weighted by Crippen LogP contribution is -2.11. The van der Waals surface area contributed by atoms with Crippen molar-refractivity contribution in [3.05, 3.63) is 32.6 Å². The fourth-order valence-corrected chi connectivity index (χ4v) is 3.46. The SMILES string of the molecule is CCCc1cc(NC(=O)CCCc2ccc(Br)s2)n[nH]1. The van der Waals surface area contributed by atoms with E-state index in [-0.39, 0.29) is 5.91 Å². The second-order valence-corrected chi connectivity index (χ2v) is 7.18. The van der Waals surface area contributed by atoms with Crippen LogP contribution in [0.25, 0.3) is 0 Å². The number of amides is 1. The molecule has 0 radical (unpaired) electrons. The Morgan fingerprint density at radius 1 is 1.45 bits per heavy atom. The molecule has 0 aliphatic rings. The second-order valence-electron chi connectivity index (χ2n) is 4.64. The zero-order valence-corrected chi connectivity index (χ0v) is 13.8. The summed E-state index contributed by atoms with van der Waals surface area (Å²) < 4.78 is 1.14. The summed E-state index contributed by atoms with van der Waals surface area (Å²) in [5.41, 5.74) is 1.06. The van der Waals surface area contributed by atoms with Gasteiger partial charge in [0.2, 0.25) is 5.91 Å². The molecule has 0 fully saturated rings. The molecule has 0 saturated heterocycles. The van der Waals surface area contributed by atoms with Crippen LogP contribution in [0, 0.1) is 0 Å². The first-order valence-corrected chi connectivity index (χ1v) is 8.36. The third-order valence-corrected chi connectivity index (χ3v) is 4.56. The predicted octanol–water partition coefficient (Wildman–Crippen LogP) is 4.15. The molecule has 108 valence electrons. The minimum atomic E-state index is 0.0233. The molecule has 1 amide bonds. The van der Waals surface area contributed by atoms with Gasteiger partial charge in [-0.15, -0.1) is 11.3 Å². The van der Waals surface area contributed by atoms with E-state index in [1.807, 2.05) is 12.1 Å². The zero-order chi connectivity index (χ0) is 14.4. The van der Waals surface area contributed by atoms with Gasteiger partial charge in [0.15, 0.2) is 5.82 Å². The maximum atomic E-state index is 11.8. The van der Waals surface area contributed by atoms with Gasteiger partial charge in [-0.1, -0.05) is 13.3 Å². The largest absolute Gasteiger partial charge is 0.309 e. The molecule has 0 unspecified atom stereocenters. The van der Waals surface area contributed by atoms with Gasteiger partial charge in [-0.25, -0.2) is 0 Å². The van der Waals surface area contributed by atoms with E-state index in [0.29, 0.717) is 12.2 Å². The maximum absolute atomic E-state index is 11.8. The van der Waals surface area contributed by atoms with Crippen LogP contribution in [0.1, 0.15) is 36.8 Å². The molecule has 2 aromatic rings. The zero-order valence-electron chi connectivity index (χ0n) is 11.4. The fraction of sp³-hybridized carbons (Fsp3) is 0.429. The molecule has 0 saturated carbocycles.